The van der Waals surface area contributed by atoms with E-state index in [0.717, 1.165) is 29.3 Å². The van der Waals surface area contributed by atoms with Crippen molar-refractivity contribution < 1.29 is 9.53 Å². The molecule has 0 radical (unpaired) electrons. The van der Waals surface area contributed by atoms with E-state index >= 15 is 0 Å². The number of pyridine rings is 2. The molecule has 164 valence electrons. The largest absolute Gasteiger partial charge is 0.466 e. The van der Waals surface area contributed by atoms with Crippen molar-refractivity contribution in [2.75, 3.05) is 6.61 Å². The Bertz CT molecular complexity index is 1160. The molecular formula is C28H30N2O2. The second-order valence-corrected chi connectivity index (χ2v) is 8.59. The van der Waals surface area contributed by atoms with Gasteiger partial charge in [0.25, 0.3) is 0 Å². The van der Waals surface area contributed by atoms with Crippen molar-refractivity contribution in [1.29, 1.82) is 0 Å². The van der Waals surface area contributed by atoms with Gasteiger partial charge in [0.1, 0.15) is 0 Å². The molecule has 1 unspecified atom stereocenters. The summed E-state index contributed by atoms with van der Waals surface area (Å²) in [6, 6.07) is 12.5. The van der Waals surface area contributed by atoms with Gasteiger partial charge >= 0.3 is 5.97 Å². The predicted molar refractivity (Wildman–Crippen MR) is 129 cm³/mol. The summed E-state index contributed by atoms with van der Waals surface area (Å²) in [7, 11) is 0. The molecule has 0 aliphatic heterocycles. The Labute approximate surface area is 190 Å². The van der Waals surface area contributed by atoms with Gasteiger partial charge in [-0.1, -0.05) is 37.6 Å². The normalized spacial score (nSPS) is 14.8. The van der Waals surface area contributed by atoms with Gasteiger partial charge in [0.2, 0.25) is 0 Å². The van der Waals surface area contributed by atoms with Crippen LogP contribution in [-0.4, -0.2) is 22.5 Å². The standard InChI is InChI=1S/C28H30N2O2/c1-4-32-28(31)26(21-10-13-29-14-11-21)16-20-7-5-8-22(15-20)25-18-24(19(2)3)17-23-9-6-12-30-27(23)25/h6,8-15,17-19,26H,4-5,7,16H2,1-3H3. The van der Waals surface area contributed by atoms with Crippen LogP contribution in [0.2, 0.25) is 0 Å². The molecule has 4 heteroatoms. The quantitative estimate of drug-likeness (QED) is 0.400. The van der Waals surface area contributed by atoms with E-state index in [4.69, 9.17) is 9.72 Å². The molecule has 2 heterocycles. The highest BCUT2D eigenvalue weighted by atomic mass is 16.5. The SMILES string of the molecule is CCOC(=O)C(CC1=CC(c2cc(C(C)C)cc3cccnc23)=CCC1)c1ccncc1. The minimum absolute atomic E-state index is 0.176. The Morgan fingerprint density at radius 1 is 1.09 bits per heavy atom. The third kappa shape index (κ3) is 4.80. The van der Waals surface area contributed by atoms with Crippen LogP contribution in [0.3, 0.4) is 0 Å². The van der Waals surface area contributed by atoms with Crippen LogP contribution in [0.15, 0.2) is 72.7 Å². The number of hydrogen-bond acceptors (Lipinski definition) is 4. The van der Waals surface area contributed by atoms with Gasteiger partial charge in [0, 0.05) is 29.5 Å². The number of rotatable bonds is 7. The first kappa shape index (κ1) is 21.9. The number of allylic oxidation sites excluding steroid dienone is 4. The van der Waals surface area contributed by atoms with E-state index < -0.39 is 0 Å². The zero-order valence-electron chi connectivity index (χ0n) is 19.0. The predicted octanol–water partition coefficient (Wildman–Crippen LogP) is 6.59. The van der Waals surface area contributed by atoms with E-state index in [0.29, 0.717) is 18.9 Å². The number of hydrogen-bond donors (Lipinski definition) is 0. The highest BCUT2D eigenvalue weighted by molar-refractivity contribution is 5.94. The highest BCUT2D eigenvalue weighted by Crippen LogP contribution is 2.36. The first-order valence-electron chi connectivity index (χ1n) is 11.4. The van der Waals surface area contributed by atoms with Gasteiger partial charge in [-0.05, 0) is 79.1 Å². The molecule has 0 bridgehead atoms. The van der Waals surface area contributed by atoms with Gasteiger partial charge in [0.05, 0.1) is 18.0 Å². The molecule has 0 saturated carbocycles. The first-order chi connectivity index (χ1) is 15.6. The van der Waals surface area contributed by atoms with E-state index in [-0.39, 0.29) is 11.9 Å². The van der Waals surface area contributed by atoms with E-state index in [2.05, 4.69) is 49.2 Å². The summed E-state index contributed by atoms with van der Waals surface area (Å²) in [6.45, 7) is 6.67. The second kappa shape index (κ2) is 9.90. The fraction of sp³-hybridized carbons (Fsp3) is 0.321. The molecule has 0 amide bonds. The summed E-state index contributed by atoms with van der Waals surface area (Å²) >= 11 is 0. The van der Waals surface area contributed by atoms with Crippen LogP contribution in [-0.2, 0) is 9.53 Å². The fourth-order valence-corrected chi connectivity index (χ4v) is 4.32. The molecule has 4 nitrogen and oxygen atoms in total. The van der Waals surface area contributed by atoms with Gasteiger partial charge in [-0.15, -0.1) is 0 Å². The van der Waals surface area contributed by atoms with Crippen molar-refractivity contribution in [3.8, 4) is 0 Å². The van der Waals surface area contributed by atoms with Crippen molar-refractivity contribution in [1.82, 2.24) is 9.97 Å². The van der Waals surface area contributed by atoms with Gasteiger partial charge in [-0.3, -0.25) is 14.8 Å². The molecule has 32 heavy (non-hydrogen) atoms. The van der Waals surface area contributed by atoms with Crippen LogP contribution in [0.1, 0.15) is 68.6 Å². The fourth-order valence-electron chi connectivity index (χ4n) is 4.32. The maximum absolute atomic E-state index is 12.8. The van der Waals surface area contributed by atoms with E-state index in [9.17, 15) is 4.79 Å². The Morgan fingerprint density at radius 2 is 1.91 bits per heavy atom. The van der Waals surface area contributed by atoms with Gasteiger partial charge in [-0.25, -0.2) is 0 Å². The number of ether oxygens (including phenoxy) is 1. The maximum atomic E-state index is 12.8. The van der Waals surface area contributed by atoms with E-state index in [1.165, 1.54) is 22.3 Å². The summed E-state index contributed by atoms with van der Waals surface area (Å²) in [6.07, 6.45) is 12.4. The smallest absolute Gasteiger partial charge is 0.313 e. The average Bonchev–Trinajstić information content (AvgIpc) is 2.82. The molecule has 2 aromatic heterocycles. The number of nitrogens with zero attached hydrogens (tertiary/aromatic N) is 2. The topological polar surface area (TPSA) is 52.1 Å². The van der Waals surface area contributed by atoms with Gasteiger partial charge < -0.3 is 4.74 Å². The third-order valence-electron chi connectivity index (χ3n) is 6.04. The molecule has 0 N–H and O–H groups in total. The second-order valence-electron chi connectivity index (χ2n) is 8.59. The number of carbonyl (C=O) groups is 1. The molecule has 4 rings (SSSR count). The van der Waals surface area contributed by atoms with Crippen LogP contribution >= 0.6 is 0 Å². The van der Waals surface area contributed by atoms with Crippen molar-refractivity contribution in [2.24, 2.45) is 0 Å². The maximum Gasteiger partial charge on any atom is 0.313 e. The summed E-state index contributed by atoms with van der Waals surface area (Å²) in [5.41, 5.74) is 6.90. The summed E-state index contributed by atoms with van der Waals surface area (Å²) in [5, 5.41) is 1.16. The van der Waals surface area contributed by atoms with Crippen molar-refractivity contribution in [3.63, 3.8) is 0 Å². The van der Waals surface area contributed by atoms with Gasteiger partial charge in [-0.2, -0.15) is 0 Å². The summed E-state index contributed by atoms with van der Waals surface area (Å²) in [5.74, 6) is -0.0593. The zero-order chi connectivity index (χ0) is 22.5. The van der Waals surface area contributed by atoms with Crippen molar-refractivity contribution >= 4 is 22.4 Å². The Hall–Kier alpha value is -3.27. The number of fused-ring (bicyclic) bond motifs is 1. The third-order valence-corrected chi connectivity index (χ3v) is 6.04. The average molecular weight is 427 g/mol. The lowest BCUT2D eigenvalue weighted by Crippen LogP contribution is -2.17. The molecule has 0 fully saturated rings. The monoisotopic (exact) mass is 426 g/mol. The molecule has 3 aromatic rings. The summed E-state index contributed by atoms with van der Waals surface area (Å²) in [4.78, 5) is 21.6. The Morgan fingerprint density at radius 3 is 2.66 bits per heavy atom. The van der Waals surface area contributed by atoms with E-state index in [1.54, 1.807) is 12.4 Å². The lowest BCUT2D eigenvalue weighted by molar-refractivity contribution is -0.144. The van der Waals surface area contributed by atoms with E-state index in [1.807, 2.05) is 31.3 Å². The first-order valence-corrected chi connectivity index (χ1v) is 11.4. The van der Waals surface area contributed by atoms with Gasteiger partial charge in [0.15, 0.2) is 0 Å². The van der Waals surface area contributed by atoms with Crippen molar-refractivity contribution in [2.45, 2.75) is 51.9 Å². The summed E-state index contributed by atoms with van der Waals surface area (Å²) < 4.78 is 5.40. The number of carbonyl (C=O) groups excluding carboxylic acids is 1. The molecule has 1 aliphatic rings. The van der Waals surface area contributed by atoms with Crippen LogP contribution in [0, 0.1) is 0 Å². The zero-order valence-corrected chi connectivity index (χ0v) is 19.0. The van der Waals surface area contributed by atoms with Crippen LogP contribution < -0.4 is 0 Å². The van der Waals surface area contributed by atoms with Crippen LogP contribution in [0.25, 0.3) is 16.5 Å². The molecule has 0 spiro atoms. The lowest BCUT2D eigenvalue weighted by atomic mass is 9.85. The van der Waals surface area contributed by atoms with Crippen molar-refractivity contribution in [3.05, 3.63) is 89.4 Å². The minimum atomic E-state index is -0.319. The molecule has 0 saturated heterocycles. The number of aromatic nitrogens is 2. The molecule has 1 aliphatic carbocycles. The number of benzene rings is 1. The lowest BCUT2D eigenvalue weighted by Gasteiger charge is -2.21. The molecule has 1 aromatic carbocycles. The Balaban J connectivity index is 1.70. The molecular weight excluding hydrogens is 396 g/mol. The number of esters is 1. The highest BCUT2D eigenvalue weighted by Gasteiger charge is 2.24. The Kier molecular flexibility index (Phi) is 6.79. The van der Waals surface area contributed by atoms with Crippen LogP contribution in [0.5, 0.6) is 0 Å². The minimum Gasteiger partial charge on any atom is -0.466 e. The van der Waals surface area contributed by atoms with Crippen LogP contribution in [0.4, 0.5) is 0 Å². The molecule has 1 atom stereocenters.